The maximum Gasteiger partial charge on any atom is 0.219 e. The molecule has 0 radical (unpaired) electrons. The maximum absolute atomic E-state index is 5.95. The molecule has 3 aromatic rings. The molecule has 0 spiro atoms. The normalized spacial score (nSPS) is 11.4. The van der Waals surface area contributed by atoms with E-state index in [0.29, 0.717) is 18.4 Å². The smallest absolute Gasteiger partial charge is 0.219 e. The first-order valence-electron chi connectivity index (χ1n) is 8.86. The van der Waals surface area contributed by atoms with Crippen LogP contribution in [0.5, 0.6) is 11.6 Å². The van der Waals surface area contributed by atoms with Gasteiger partial charge < -0.3 is 15.8 Å². The van der Waals surface area contributed by atoms with Crippen LogP contribution in [0.3, 0.4) is 0 Å². The summed E-state index contributed by atoms with van der Waals surface area (Å²) in [6, 6.07) is 14.0. The number of ether oxygens (including phenoxy) is 1. The van der Waals surface area contributed by atoms with Crippen molar-refractivity contribution in [3.63, 3.8) is 0 Å². The summed E-state index contributed by atoms with van der Waals surface area (Å²) in [5.74, 6) is 1.77. The number of nitrogens with one attached hydrogen (secondary N) is 1. The average molecular weight is 381 g/mol. The number of pyridine rings is 1. The number of aliphatic imine (C=N–C) groups is 1. The van der Waals surface area contributed by atoms with E-state index in [4.69, 9.17) is 10.5 Å². The molecule has 0 aliphatic rings. The van der Waals surface area contributed by atoms with Gasteiger partial charge >= 0.3 is 0 Å². The molecule has 0 atom stereocenters. The molecule has 0 fully saturated rings. The number of thiophene rings is 1. The molecule has 3 N–H and O–H groups in total. The minimum absolute atomic E-state index is 0.444. The number of nitrogens with zero attached hydrogens (tertiary/aromatic N) is 2. The molecule has 0 saturated heterocycles. The van der Waals surface area contributed by atoms with Crippen molar-refractivity contribution in [2.45, 2.75) is 26.8 Å². The zero-order chi connectivity index (χ0) is 19.1. The molecule has 6 heteroatoms. The van der Waals surface area contributed by atoms with Crippen LogP contribution in [0.1, 0.15) is 21.6 Å². The molecular formula is C21H24N4OS. The predicted octanol–water partition coefficient (Wildman–Crippen LogP) is 4.20. The molecule has 2 heterocycles. The Balaban J connectivity index is 1.54. The van der Waals surface area contributed by atoms with E-state index in [1.165, 1.54) is 16.0 Å². The van der Waals surface area contributed by atoms with Gasteiger partial charge in [0.05, 0.1) is 6.54 Å². The lowest BCUT2D eigenvalue weighted by atomic mass is 10.1. The molecule has 0 aliphatic heterocycles. The molecule has 0 amide bonds. The Hall–Kier alpha value is -2.86. The first-order valence-corrected chi connectivity index (χ1v) is 9.74. The van der Waals surface area contributed by atoms with Crippen molar-refractivity contribution in [3.8, 4) is 11.6 Å². The van der Waals surface area contributed by atoms with Crippen molar-refractivity contribution in [2.75, 3.05) is 6.54 Å². The molecule has 0 unspecified atom stereocenters. The molecule has 5 nitrogen and oxygen atoms in total. The summed E-state index contributed by atoms with van der Waals surface area (Å²) in [4.78, 5) is 10.00. The SMILES string of the molecule is Cc1ccc(Oc2cc(CN=C(N)NCCc3cccs3)ccn2)cc1C. The monoisotopic (exact) mass is 380 g/mol. The molecular weight excluding hydrogens is 356 g/mol. The van der Waals surface area contributed by atoms with Gasteiger partial charge in [-0.3, -0.25) is 0 Å². The van der Waals surface area contributed by atoms with E-state index in [-0.39, 0.29) is 0 Å². The third-order valence-corrected chi connectivity index (χ3v) is 5.13. The Morgan fingerprint density at radius 2 is 2.07 bits per heavy atom. The van der Waals surface area contributed by atoms with E-state index < -0.39 is 0 Å². The van der Waals surface area contributed by atoms with Crippen molar-refractivity contribution in [3.05, 3.63) is 75.6 Å². The van der Waals surface area contributed by atoms with Gasteiger partial charge in [-0.1, -0.05) is 12.1 Å². The second-order valence-electron chi connectivity index (χ2n) is 6.31. The average Bonchev–Trinajstić information content (AvgIpc) is 3.17. The zero-order valence-electron chi connectivity index (χ0n) is 15.6. The van der Waals surface area contributed by atoms with Crippen LogP contribution in [0.2, 0.25) is 0 Å². The molecule has 3 rings (SSSR count). The standard InChI is InChI=1S/C21H24N4OS/c1-15-5-6-18(12-16(15)2)26-20-13-17(7-9-23-20)14-25-21(22)24-10-8-19-4-3-11-27-19/h3-7,9,11-13H,8,10,14H2,1-2H3,(H3,22,24,25). The molecule has 27 heavy (non-hydrogen) atoms. The fourth-order valence-electron chi connectivity index (χ4n) is 2.50. The first-order chi connectivity index (χ1) is 13.1. The number of nitrogens with two attached hydrogens (primary N) is 1. The van der Waals surface area contributed by atoms with Crippen LogP contribution in [0, 0.1) is 13.8 Å². The van der Waals surface area contributed by atoms with Crippen molar-refractivity contribution >= 4 is 17.3 Å². The lowest BCUT2D eigenvalue weighted by Gasteiger charge is -2.08. The largest absolute Gasteiger partial charge is 0.439 e. The molecule has 1 aromatic carbocycles. The fraction of sp³-hybridized carbons (Fsp3) is 0.238. The number of hydrogen-bond acceptors (Lipinski definition) is 4. The van der Waals surface area contributed by atoms with Crippen LogP contribution in [0.25, 0.3) is 0 Å². The summed E-state index contributed by atoms with van der Waals surface area (Å²) in [5.41, 5.74) is 9.37. The fourth-order valence-corrected chi connectivity index (χ4v) is 3.21. The molecule has 0 bridgehead atoms. The Kier molecular flexibility index (Phi) is 6.44. The van der Waals surface area contributed by atoms with E-state index >= 15 is 0 Å². The number of guanidine groups is 1. The predicted molar refractivity (Wildman–Crippen MR) is 112 cm³/mol. The number of aromatic nitrogens is 1. The van der Waals surface area contributed by atoms with E-state index in [9.17, 15) is 0 Å². The van der Waals surface area contributed by atoms with Crippen molar-refractivity contribution in [1.29, 1.82) is 0 Å². The van der Waals surface area contributed by atoms with Crippen molar-refractivity contribution in [1.82, 2.24) is 10.3 Å². The summed E-state index contributed by atoms with van der Waals surface area (Å²) in [5, 5.41) is 5.22. The summed E-state index contributed by atoms with van der Waals surface area (Å²) in [7, 11) is 0. The van der Waals surface area contributed by atoms with E-state index in [1.54, 1.807) is 17.5 Å². The van der Waals surface area contributed by atoms with Gasteiger partial charge in [-0.2, -0.15) is 0 Å². The number of hydrogen-bond donors (Lipinski definition) is 2. The summed E-state index contributed by atoms with van der Waals surface area (Å²) in [6.45, 7) is 5.39. The van der Waals surface area contributed by atoms with E-state index in [2.05, 4.69) is 46.7 Å². The van der Waals surface area contributed by atoms with E-state index in [1.807, 2.05) is 30.3 Å². The van der Waals surface area contributed by atoms with Crippen LogP contribution >= 0.6 is 11.3 Å². The molecule has 0 aliphatic carbocycles. The lowest BCUT2D eigenvalue weighted by molar-refractivity contribution is 0.461. The first kappa shape index (κ1) is 18.9. The topological polar surface area (TPSA) is 72.5 Å². The second-order valence-corrected chi connectivity index (χ2v) is 7.34. The van der Waals surface area contributed by atoms with Crippen LogP contribution in [-0.4, -0.2) is 17.5 Å². The maximum atomic E-state index is 5.95. The summed E-state index contributed by atoms with van der Waals surface area (Å²) < 4.78 is 5.86. The number of rotatable bonds is 7. The Bertz CT molecular complexity index is 906. The van der Waals surface area contributed by atoms with Crippen molar-refractivity contribution < 1.29 is 4.74 Å². The Morgan fingerprint density at radius 1 is 1.19 bits per heavy atom. The third-order valence-electron chi connectivity index (χ3n) is 4.19. The highest BCUT2D eigenvalue weighted by atomic mass is 32.1. The van der Waals surface area contributed by atoms with Crippen LogP contribution in [-0.2, 0) is 13.0 Å². The van der Waals surface area contributed by atoms with Gasteiger partial charge in [0.25, 0.3) is 0 Å². The van der Waals surface area contributed by atoms with Gasteiger partial charge in [0.2, 0.25) is 5.88 Å². The minimum atomic E-state index is 0.444. The third kappa shape index (κ3) is 5.82. The highest BCUT2D eigenvalue weighted by Crippen LogP contribution is 2.22. The van der Waals surface area contributed by atoms with Crippen LogP contribution in [0.15, 0.2) is 59.0 Å². The van der Waals surface area contributed by atoms with Gasteiger partial charge in [0.15, 0.2) is 5.96 Å². The van der Waals surface area contributed by atoms with Gasteiger partial charge in [-0.15, -0.1) is 11.3 Å². The van der Waals surface area contributed by atoms with Gasteiger partial charge in [-0.25, -0.2) is 9.98 Å². The van der Waals surface area contributed by atoms with Gasteiger partial charge in [-0.05, 0) is 66.6 Å². The van der Waals surface area contributed by atoms with Gasteiger partial charge in [0, 0.05) is 23.7 Å². The lowest BCUT2D eigenvalue weighted by Crippen LogP contribution is -2.33. The Morgan fingerprint density at radius 3 is 2.85 bits per heavy atom. The highest BCUT2D eigenvalue weighted by Gasteiger charge is 2.03. The van der Waals surface area contributed by atoms with Gasteiger partial charge in [0.1, 0.15) is 5.75 Å². The van der Waals surface area contributed by atoms with E-state index in [0.717, 1.165) is 24.3 Å². The molecule has 140 valence electrons. The van der Waals surface area contributed by atoms with Crippen LogP contribution in [0.4, 0.5) is 0 Å². The zero-order valence-corrected chi connectivity index (χ0v) is 16.4. The molecule has 0 saturated carbocycles. The Labute approximate surface area is 163 Å². The quantitative estimate of drug-likeness (QED) is 0.476. The van der Waals surface area contributed by atoms with Crippen LogP contribution < -0.4 is 15.8 Å². The highest BCUT2D eigenvalue weighted by molar-refractivity contribution is 7.09. The number of benzene rings is 1. The second kappa shape index (κ2) is 9.19. The summed E-state index contributed by atoms with van der Waals surface area (Å²) in [6.07, 6.45) is 2.67. The van der Waals surface area contributed by atoms with Crippen molar-refractivity contribution in [2.24, 2.45) is 10.7 Å². The minimum Gasteiger partial charge on any atom is -0.439 e. The number of aryl methyl sites for hydroxylation is 2. The summed E-state index contributed by atoms with van der Waals surface area (Å²) >= 11 is 1.75. The molecule has 2 aromatic heterocycles.